The van der Waals surface area contributed by atoms with Crippen LogP contribution in [-0.4, -0.2) is 19.0 Å². The molecule has 0 aromatic heterocycles. The third-order valence-electron chi connectivity index (χ3n) is 4.40. The number of rotatable bonds is 6. The summed E-state index contributed by atoms with van der Waals surface area (Å²) in [5.74, 6) is -0.207. The summed E-state index contributed by atoms with van der Waals surface area (Å²) in [5, 5.41) is 0. The van der Waals surface area contributed by atoms with E-state index in [0.717, 1.165) is 38.5 Å². The maximum atomic E-state index is 12.1. The Morgan fingerprint density at radius 2 is 1.82 bits per heavy atom. The first-order valence-corrected chi connectivity index (χ1v) is 8.13. The highest BCUT2D eigenvalue weighted by atomic mass is 19.3. The zero-order valence-electron chi connectivity index (χ0n) is 13.1. The van der Waals surface area contributed by atoms with Gasteiger partial charge in [-0.2, -0.15) is 0 Å². The molecular formula is C18H24F2O2. The van der Waals surface area contributed by atoms with Gasteiger partial charge in [-0.15, -0.1) is 0 Å². The number of carbonyl (C=O) groups is 1. The van der Waals surface area contributed by atoms with E-state index in [2.05, 4.69) is 35.9 Å². The van der Waals surface area contributed by atoms with Crippen LogP contribution in [0.3, 0.4) is 0 Å². The molecule has 0 bridgehead atoms. The molecule has 1 aromatic rings. The van der Waals surface area contributed by atoms with Crippen molar-refractivity contribution in [2.24, 2.45) is 5.92 Å². The average Bonchev–Trinajstić information content (AvgIpc) is 2.54. The van der Waals surface area contributed by atoms with Crippen molar-refractivity contribution in [2.75, 3.05) is 6.61 Å². The van der Waals surface area contributed by atoms with Crippen LogP contribution in [0.2, 0.25) is 0 Å². The zero-order valence-corrected chi connectivity index (χ0v) is 13.1. The molecule has 0 saturated heterocycles. The second-order valence-corrected chi connectivity index (χ2v) is 6.06. The third kappa shape index (κ3) is 4.79. The molecule has 2 nitrogen and oxygen atoms in total. The van der Waals surface area contributed by atoms with Gasteiger partial charge in [0.1, 0.15) is 0 Å². The fourth-order valence-corrected chi connectivity index (χ4v) is 3.17. The van der Waals surface area contributed by atoms with Crippen molar-refractivity contribution in [2.45, 2.75) is 57.8 Å². The first kappa shape index (κ1) is 16.9. The van der Waals surface area contributed by atoms with Crippen molar-refractivity contribution in [1.29, 1.82) is 0 Å². The van der Waals surface area contributed by atoms with E-state index in [4.69, 9.17) is 0 Å². The van der Waals surface area contributed by atoms with Gasteiger partial charge in [0.25, 0.3) is 6.43 Å². The van der Waals surface area contributed by atoms with E-state index < -0.39 is 19.0 Å². The number of alkyl halides is 2. The molecule has 0 amide bonds. The molecule has 1 fully saturated rings. The second-order valence-electron chi connectivity index (χ2n) is 6.06. The van der Waals surface area contributed by atoms with Gasteiger partial charge >= 0.3 is 5.97 Å². The normalized spacial score (nSPS) is 21.8. The summed E-state index contributed by atoms with van der Waals surface area (Å²) in [4.78, 5) is 11.7. The van der Waals surface area contributed by atoms with Crippen LogP contribution in [0.15, 0.2) is 24.3 Å². The highest BCUT2D eigenvalue weighted by molar-refractivity contribution is 5.72. The molecule has 0 N–H and O–H groups in total. The molecule has 22 heavy (non-hydrogen) atoms. The quantitative estimate of drug-likeness (QED) is 0.711. The highest BCUT2D eigenvalue weighted by Crippen LogP contribution is 2.36. The van der Waals surface area contributed by atoms with Crippen molar-refractivity contribution >= 4 is 5.97 Å². The summed E-state index contributed by atoms with van der Waals surface area (Å²) < 4.78 is 28.7. The summed E-state index contributed by atoms with van der Waals surface area (Å²) in [7, 11) is 0. The number of ether oxygens (including phenoxy) is 1. The molecule has 4 heteroatoms. The Morgan fingerprint density at radius 3 is 2.36 bits per heavy atom. The van der Waals surface area contributed by atoms with Gasteiger partial charge in [-0.1, -0.05) is 37.6 Å². The van der Waals surface area contributed by atoms with Crippen molar-refractivity contribution < 1.29 is 18.3 Å². The minimum absolute atomic E-state index is 0.214. The van der Waals surface area contributed by atoms with Gasteiger partial charge in [0.15, 0.2) is 6.61 Å². The Kier molecular flexibility index (Phi) is 6.34. The fraction of sp³-hybridized carbons (Fsp3) is 0.611. The smallest absolute Gasteiger partial charge is 0.309 e. The SMILES string of the molecule is CCCc1ccc([C@H]2CC[C@H](C(=O)OCC(F)F)CC2)cc1. The van der Waals surface area contributed by atoms with E-state index >= 15 is 0 Å². The lowest BCUT2D eigenvalue weighted by Crippen LogP contribution is -2.24. The van der Waals surface area contributed by atoms with Gasteiger partial charge in [-0.05, 0) is 49.1 Å². The molecule has 0 unspecified atom stereocenters. The molecule has 0 heterocycles. The van der Waals surface area contributed by atoms with Crippen LogP contribution in [0.25, 0.3) is 0 Å². The van der Waals surface area contributed by atoms with Crippen molar-refractivity contribution in [1.82, 2.24) is 0 Å². The maximum Gasteiger partial charge on any atom is 0.309 e. The topological polar surface area (TPSA) is 26.3 Å². The van der Waals surface area contributed by atoms with E-state index in [-0.39, 0.29) is 5.92 Å². The maximum absolute atomic E-state index is 12.1. The lowest BCUT2D eigenvalue weighted by molar-refractivity contribution is -0.153. The van der Waals surface area contributed by atoms with Gasteiger partial charge < -0.3 is 4.74 Å². The Hall–Kier alpha value is -1.45. The zero-order chi connectivity index (χ0) is 15.9. The van der Waals surface area contributed by atoms with Crippen LogP contribution in [0.5, 0.6) is 0 Å². The van der Waals surface area contributed by atoms with Gasteiger partial charge in [-0.3, -0.25) is 4.79 Å². The predicted molar refractivity (Wildman–Crippen MR) is 82.1 cm³/mol. The summed E-state index contributed by atoms with van der Waals surface area (Å²) in [6.07, 6.45) is 2.95. The van der Waals surface area contributed by atoms with E-state index in [0.29, 0.717) is 5.92 Å². The number of aryl methyl sites for hydroxylation is 1. The predicted octanol–water partition coefficient (Wildman–Crippen LogP) is 4.72. The molecule has 2 rings (SSSR count). The van der Waals surface area contributed by atoms with E-state index in [1.165, 1.54) is 11.1 Å². The van der Waals surface area contributed by atoms with Gasteiger partial charge in [0.05, 0.1) is 5.92 Å². The Morgan fingerprint density at radius 1 is 1.18 bits per heavy atom. The van der Waals surface area contributed by atoms with Crippen LogP contribution in [0.1, 0.15) is 56.1 Å². The molecule has 0 spiro atoms. The summed E-state index contributed by atoms with van der Waals surface area (Å²) in [6.45, 7) is 1.39. The van der Waals surface area contributed by atoms with Crippen LogP contribution in [-0.2, 0) is 16.0 Å². The van der Waals surface area contributed by atoms with E-state index in [9.17, 15) is 13.6 Å². The number of esters is 1. The van der Waals surface area contributed by atoms with Crippen molar-refractivity contribution in [3.63, 3.8) is 0 Å². The summed E-state index contributed by atoms with van der Waals surface area (Å²) >= 11 is 0. The number of benzene rings is 1. The van der Waals surface area contributed by atoms with Crippen LogP contribution < -0.4 is 0 Å². The number of halogens is 2. The molecule has 1 saturated carbocycles. The molecule has 0 radical (unpaired) electrons. The second kappa shape index (κ2) is 8.25. The minimum atomic E-state index is -2.58. The van der Waals surface area contributed by atoms with E-state index in [1.807, 2.05) is 0 Å². The summed E-state index contributed by atoms with van der Waals surface area (Å²) in [6, 6.07) is 8.74. The Bertz CT molecular complexity index is 462. The largest absolute Gasteiger partial charge is 0.459 e. The monoisotopic (exact) mass is 310 g/mol. The standard InChI is InChI=1S/C18H24F2O2/c1-2-3-13-4-6-14(7-5-13)15-8-10-16(11-9-15)18(21)22-12-17(19)20/h4-7,15-17H,2-3,8-12H2,1H3/t15-,16-. The van der Waals surface area contributed by atoms with Gasteiger partial charge in [-0.25, -0.2) is 8.78 Å². The van der Waals surface area contributed by atoms with Gasteiger partial charge in [0, 0.05) is 0 Å². The minimum Gasteiger partial charge on any atom is -0.459 e. The first-order valence-electron chi connectivity index (χ1n) is 8.13. The molecular weight excluding hydrogens is 286 g/mol. The van der Waals surface area contributed by atoms with Crippen LogP contribution >= 0.6 is 0 Å². The molecule has 1 aliphatic carbocycles. The molecule has 0 aliphatic heterocycles. The molecule has 1 aromatic carbocycles. The highest BCUT2D eigenvalue weighted by Gasteiger charge is 2.28. The number of hydrogen-bond acceptors (Lipinski definition) is 2. The Labute approximate surface area is 130 Å². The first-order chi connectivity index (χ1) is 10.6. The van der Waals surface area contributed by atoms with E-state index in [1.54, 1.807) is 0 Å². The fourth-order valence-electron chi connectivity index (χ4n) is 3.17. The van der Waals surface area contributed by atoms with Crippen LogP contribution in [0.4, 0.5) is 8.78 Å². The summed E-state index contributed by atoms with van der Waals surface area (Å²) in [5.41, 5.74) is 2.68. The third-order valence-corrected chi connectivity index (χ3v) is 4.40. The van der Waals surface area contributed by atoms with Crippen molar-refractivity contribution in [3.05, 3.63) is 35.4 Å². The van der Waals surface area contributed by atoms with Gasteiger partial charge in [0.2, 0.25) is 0 Å². The molecule has 1 aliphatic rings. The average molecular weight is 310 g/mol. The molecule has 122 valence electrons. The van der Waals surface area contributed by atoms with Crippen LogP contribution in [0, 0.1) is 5.92 Å². The van der Waals surface area contributed by atoms with Crippen molar-refractivity contribution in [3.8, 4) is 0 Å². The number of hydrogen-bond donors (Lipinski definition) is 0. The lowest BCUT2D eigenvalue weighted by atomic mass is 9.78. The Balaban J connectivity index is 1.82. The number of carbonyl (C=O) groups excluding carboxylic acids is 1. The molecule has 0 atom stereocenters. The lowest BCUT2D eigenvalue weighted by Gasteiger charge is -2.27.